The molecule has 3 heterocycles. The normalized spacial score (nSPS) is 16.9. The number of aryl methyl sites for hydroxylation is 2. The highest BCUT2D eigenvalue weighted by atomic mass is 32.1. The lowest BCUT2D eigenvalue weighted by Gasteiger charge is -2.29. The van der Waals surface area contributed by atoms with E-state index >= 15 is 0 Å². The number of aromatic amines is 1. The molecule has 0 radical (unpaired) electrons. The Kier molecular flexibility index (Phi) is 6.36. The highest BCUT2D eigenvalue weighted by molar-refractivity contribution is 7.13. The van der Waals surface area contributed by atoms with E-state index in [1.807, 2.05) is 24.6 Å². The van der Waals surface area contributed by atoms with Gasteiger partial charge in [0.1, 0.15) is 17.7 Å². The minimum Gasteiger partial charge on any atom is -0.340 e. The maximum atomic E-state index is 13.2. The summed E-state index contributed by atoms with van der Waals surface area (Å²) in [6, 6.07) is 7.80. The van der Waals surface area contributed by atoms with E-state index in [0.29, 0.717) is 31.2 Å². The standard InChI is InChI=1S/C23H28N6O2S/c1-14(21-25-16(3)26-27-21)22(30)29-11-5-6-19(29)23(31)28(4)12-17-7-9-18(10-8-17)20-15(2)24-13-32-20/h7-10,13-14,19H,5-6,11-12H2,1-4H3,(H,25,26,27). The van der Waals surface area contributed by atoms with E-state index in [1.54, 1.807) is 42.0 Å². The highest BCUT2D eigenvalue weighted by Crippen LogP contribution is 2.28. The summed E-state index contributed by atoms with van der Waals surface area (Å²) in [5, 5.41) is 8.00. The Morgan fingerprint density at radius 2 is 2.00 bits per heavy atom. The van der Waals surface area contributed by atoms with E-state index in [9.17, 15) is 9.59 Å². The van der Waals surface area contributed by atoms with E-state index in [2.05, 4.69) is 32.3 Å². The van der Waals surface area contributed by atoms with Gasteiger partial charge >= 0.3 is 0 Å². The Labute approximate surface area is 191 Å². The summed E-state index contributed by atoms with van der Waals surface area (Å²) in [6.07, 6.45) is 1.50. The molecule has 1 aliphatic rings. The maximum Gasteiger partial charge on any atom is 0.245 e. The summed E-state index contributed by atoms with van der Waals surface area (Å²) in [6.45, 7) is 6.69. The number of carbonyl (C=O) groups is 2. The number of benzene rings is 1. The van der Waals surface area contributed by atoms with E-state index in [1.165, 1.54) is 0 Å². The Balaban J connectivity index is 1.41. The minimum atomic E-state index is -0.461. The summed E-state index contributed by atoms with van der Waals surface area (Å²) < 4.78 is 0. The maximum absolute atomic E-state index is 13.2. The molecule has 1 aromatic carbocycles. The Hall–Kier alpha value is -3.07. The zero-order valence-corrected chi connectivity index (χ0v) is 19.6. The molecule has 1 N–H and O–H groups in total. The smallest absolute Gasteiger partial charge is 0.245 e. The third-order valence-corrected chi connectivity index (χ3v) is 6.95. The number of rotatable bonds is 6. The predicted molar refractivity (Wildman–Crippen MR) is 123 cm³/mol. The molecule has 2 atom stereocenters. The van der Waals surface area contributed by atoms with Gasteiger partial charge in [-0.2, -0.15) is 0 Å². The van der Waals surface area contributed by atoms with Gasteiger partial charge in [-0.3, -0.25) is 9.59 Å². The third-order valence-electron chi connectivity index (χ3n) is 5.98. The first kappa shape index (κ1) is 22.1. The molecule has 168 valence electrons. The fourth-order valence-corrected chi connectivity index (χ4v) is 4.97. The lowest BCUT2D eigenvalue weighted by Crippen LogP contribution is -2.47. The summed E-state index contributed by atoms with van der Waals surface area (Å²) in [4.78, 5) is 38.2. The number of nitrogens with zero attached hydrogens (tertiary/aromatic N) is 5. The summed E-state index contributed by atoms with van der Waals surface area (Å²) in [7, 11) is 1.80. The van der Waals surface area contributed by atoms with Crippen molar-refractivity contribution in [2.24, 2.45) is 0 Å². The first-order valence-electron chi connectivity index (χ1n) is 10.8. The van der Waals surface area contributed by atoms with Gasteiger partial charge in [-0.05, 0) is 44.7 Å². The van der Waals surface area contributed by atoms with Crippen LogP contribution in [0.2, 0.25) is 0 Å². The Morgan fingerprint density at radius 1 is 1.25 bits per heavy atom. The average Bonchev–Trinajstić information content (AvgIpc) is 3.53. The van der Waals surface area contributed by atoms with Gasteiger partial charge in [0, 0.05) is 20.1 Å². The van der Waals surface area contributed by atoms with Crippen LogP contribution in [0, 0.1) is 13.8 Å². The number of H-pyrrole nitrogens is 1. The van der Waals surface area contributed by atoms with E-state index < -0.39 is 12.0 Å². The molecule has 0 bridgehead atoms. The second-order valence-corrected chi connectivity index (χ2v) is 9.22. The summed E-state index contributed by atoms with van der Waals surface area (Å²) in [5.41, 5.74) is 5.06. The fourth-order valence-electron chi connectivity index (χ4n) is 4.16. The monoisotopic (exact) mass is 452 g/mol. The zero-order chi connectivity index (χ0) is 22.8. The van der Waals surface area contributed by atoms with Crippen molar-refractivity contribution in [2.45, 2.75) is 52.1 Å². The van der Waals surface area contributed by atoms with E-state index in [-0.39, 0.29) is 11.8 Å². The lowest BCUT2D eigenvalue weighted by molar-refractivity contribution is -0.144. The van der Waals surface area contributed by atoms with Crippen LogP contribution in [0.25, 0.3) is 10.4 Å². The zero-order valence-electron chi connectivity index (χ0n) is 18.8. The molecule has 1 aliphatic heterocycles. The van der Waals surface area contributed by atoms with Crippen LogP contribution in [0.15, 0.2) is 29.8 Å². The van der Waals surface area contributed by atoms with Gasteiger partial charge in [0.2, 0.25) is 11.8 Å². The quantitative estimate of drug-likeness (QED) is 0.619. The van der Waals surface area contributed by atoms with Crippen LogP contribution >= 0.6 is 11.3 Å². The van der Waals surface area contributed by atoms with Crippen LogP contribution in [-0.2, 0) is 16.1 Å². The van der Waals surface area contributed by atoms with Gasteiger partial charge in [0.25, 0.3) is 0 Å². The van der Waals surface area contributed by atoms with Gasteiger partial charge < -0.3 is 14.8 Å². The number of aromatic nitrogens is 4. The molecular weight excluding hydrogens is 424 g/mol. The molecule has 2 amide bonds. The molecule has 0 aliphatic carbocycles. The molecule has 32 heavy (non-hydrogen) atoms. The van der Waals surface area contributed by atoms with Crippen LogP contribution in [0.5, 0.6) is 0 Å². The lowest BCUT2D eigenvalue weighted by atomic mass is 10.1. The summed E-state index contributed by atoms with van der Waals surface area (Å²) in [5.74, 6) is 0.631. The topological polar surface area (TPSA) is 95.1 Å². The number of likely N-dealkylation sites (N-methyl/N-ethyl adjacent to an activating group) is 1. The molecule has 0 saturated carbocycles. The molecule has 3 aromatic rings. The van der Waals surface area contributed by atoms with Crippen molar-refractivity contribution in [1.82, 2.24) is 30.0 Å². The second-order valence-electron chi connectivity index (χ2n) is 8.37. The first-order chi connectivity index (χ1) is 15.3. The van der Waals surface area contributed by atoms with Crippen molar-refractivity contribution in [2.75, 3.05) is 13.6 Å². The largest absolute Gasteiger partial charge is 0.340 e. The van der Waals surface area contributed by atoms with Crippen LogP contribution in [-0.4, -0.2) is 61.4 Å². The van der Waals surface area contributed by atoms with Gasteiger partial charge in [-0.25, -0.2) is 4.98 Å². The number of carbonyl (C=O) groups excluding carboxylic acids is 2. The molecule has 2 unspecified atom stereocenters. The summed E-state index contributed by atoms with van der Waals surface area (Å²) >= 11 is 1.63. The first-order valence-corrected chi connectivity index (χ1v) is 11.7. The minimum absolute atomic E-state index is 0.0285. The van der Waals surface area contributed by atoms with Crippen LogP contribution in [0.1, 0.15) is 48.6 Å². The van der Waals surface area contributed by atoms with Gasteiger partial charge in [0.15, 0.2) is 0 Å². The van der Waals surface area contributed by atoms with Gasteiger partial charge in [-0.15, -0.1) is 21.5 Å². The van der Waals surface area contributed by atoms with Crippen LogP contribution in [0.3, 0.4) is 0 Å². The molecule has 1 fully saturated rings. The Bertz CT molecular complexity index is 1110. The van der Waals surface area contributed by atoms with E-state index in [0.717, 1.165) is 28.1 Å². The molecular formula is C23H28N6O2S. The van der Waals surface area contributed by atoms with Crippen LogP contribution < -0.4 is 0 Å². The van der Waals surface area contributed by atoms with Crippen molar-refractivity contribution in [3.05, 3.63) is 52.7 Å². The molecule has 8 nitrogen and oxygen atoms in total. The van der Waals surface area contributed by atoms with Crippen LogP contribution in [0.4, 0.5) is 0 Å². The van der Waals surface area contributed by atoms with Crippen molar-refractivity contribution in [3.8, 4) is 10.4 Å². The number of thiazole rings is 1. The molecule has 9 heteroatoms. The highest BCUT2D eigenvalue weighted by Gasteiger charge is 2.38. The third kappa shape index (κ3) is 4.43. The van der Waals surface area contributed by atoms with Gasteiger partial charge in [0.05, 0.1) is 22.0 Å². The molecule has 4 rings (SSSR count). The molecule has 1 saturated heterocycles. The second kappa shape index (κ2) is 9.20. The molecule has 0 spiro atoms. The Morgan fingerprint density at radius 3 is 2.62 bits per heavy atom. The van der Waals surface area contributed by atoms with Crippen molar-refractivity contribution in [3.63, 3.8) is 0 Å². The SMILES string of the molecule is Cc1nnc(C(C)C(=O)N2CCCC2C(=O)N(C)Cc2ccc(-c3scnc3C)cc2)[nH]1. The number of amides is 2. The van der Waals surface area contributed by atoms with Crippen molar-refractivity contribution < 1.29 is 9.59 Å². The van der Waals surface area contributed by atoms with Crippen molar-refractivity contribution in [1.29, 1.82) is 0 Å². The number of nitrogens with one attached hydrogen (secondary N) is 1. The fraction of sp³-hybridized carbons (Fsp3) is 0.435. The van der Waals surface area contributed by atoms with E-state index in [4.69, 9.17) is 0 Å². The van der Waals surface area contributed by atoms with Gasteiger partial charge in [-0.1, -0.05) is 24.3 Å². The number of hydrogen-bond acceptors (Lipinski definition) is 6. The predicted octanol–water partition coefficient (Wildman–Crippen LogP) is 3.30. The number of likely N-dealkylation sites (tertiary alicyclic amines) is 1. The average molecular weight is 453 g/mol. The molecule has 2 aromatic heterocycles. The van der Waals surface area contributed by atoms with Crippen molar-refractivity contribution >= 4 is 23.2 Å². The number of hydrogen-bond donors (Lipinski definition) is 1.